The molecular weight excluding hydrogens is 268 g/mol. The Morgan fingerprint density at radius 1 is 1.33 bits per heavy atom. The standard InChI is InChI=1S/C16H22N2O3/c1-11-9-12(10-15(19)21-2)3-4-14(11)18-7-5-13(6-8-18)16(17)20/h3-4,9,13H,5-8,10H2,1-2H3,(H2,17,20). The van der Waals surface area contributed by atoms with E-state index in [-0.39, 0.29) is 17.8 Å². The molecule has 0 saturated carbocycles. The highest BCUT2D eigenvalue weighted by molar-refractivity contribution is 5.77. The normalized spacial score (nSPS) is 15.8. The van der Waals surface area contributed by atoms with Gasteiger partial charge in [-0.2, -0.15) is 0 Å². The zero-order valence-corrected chi connectivity index (χ0v) is 12.6. The van der Waals surface area contributed by atoms with Crippen molar-refractivity contribution in [1.29, 1.82) is 0 Å². The van der Waals surface area contributed by atoms with Crippen LogP contribution in [0.4, 0.5) is 5.69 Å². The van der Waals surface area contributed by atoms with Crippen LogP contribution in [0, 0.1) is 12.8 Å². The van der Waals surface area contributed by atoms with E-state index < -0.39 is 0 Å². The molecule has 1 aliphatic heterocycles. The van der Waals surface area contributed by atoms with Crippen LogP contribution in [0.1, 0.15) is 24.0 Å². The zero-order valence-electron chi connectivity index (χ0n) is 12.6. The van der Waals surface area contributed by atoms with E-state index in [1.54, 1.807) is 0 Å². The fraction of sp³-hybridized carbons (Fsp3) is 0.500. The Balaban J connectivity index is 2.04. The first-order chi connectivity index (χ1) is 10.0. The van der Waals surface area contributed by atoms with Crippen LogP contribution in [0.3, 0.4) is 0 Å². The lowest BCUT2D eigenvalue weighted by molar-refractivity contribution is -0.139. The van der Waals surface area contributed by atoms with Gasteiger partial charge in [-0.25, -0.2) is 0 Å². The number of carbonyl (C=O) groups excluding carboxylic acids is 2. The number of ether oxygens (including phenoxy) is 1. The average Bonchev–Trinajstić information content (AvgIpc) is 2.47. The minimum Gasteiger partial charge on any atom is -0.469 e. The number of amides is 1. The quantitative estimate of drug-likeness (QED) is 0.851. The number of carbonyl (C=O) groups is 2. The third kappa shape index (κ3) is 3.74. The molecule has 0 radical (unpaired) electrons. The fourth-order valence-electron chi connectivity index (χ4n) is 2.83. The van der Waals surface area contributed by atoms with Crippen molar-refractivity contribution >= 4 is 17.6 Å². The highest BCUT2D eigenvalue weighted by atomic mass is 16.5. The number of aryl methyl sites for hydroxylation is 1. The predicted octanol–water partition coefficient (Wildman–Crippen LogP) is 1.41. The molecule has 0 aromatic heterocycles. The van der Waals surface area contributed by atoms with Gasteiger partial charge in [-0.15, -0.1) is 0 Å². The van der Waals surface area contributed by atoms with E-state index in [0.717, 1.165) is 42.7 Å². The molecule has 0 aliphatic carbocycles. The largest absolute Gasteiger partial charge is 0.469 e. The second kappa shape index (κ2) is 6.61. The SMILES string of the molecule is COC(=O)Cc1ccc(N2CCC(C(N)=O)CC2)c(C)c1. The summed E-state index contributed by atoms with van der Waals surface area (Å²) >= 11 is 0. The van der Waals surface area contributed by atoms with Gasteiger partial charge in [0.25, 0.3) is 0 Å². The van der Waals surface area contributed by atoms with Crippen LogP contribution >= 0.6 is 0 Å². The zero-order chi connectivity index (χ0) is 15.4. The lowest BCUT2D eigenvalue weighted by atomic mass is 9.95. The third-order valence-corrected chi connectivity index (χ3v) is 4.08. The molecule has 0 bridgehead atoms. The molecule has 21 heavy (non-hydrogen) atoms. The van der Waals surface area contributed by atoms with Gasteiger partial charge in [0.2, 0.25) is 5.91 Å². The monoisotopic (exact) mass is 290 g/mol. The minimum absolute atomic E-state index is 0.000142. The minimum atomic E-state index is -0.232. The predicted molar refractivity (Wildman–Crippen MR) is 81.0 cm³/mol. The van der Waals surface area contributed by atoms with Gasteiger partial charge in [-0.1, -0.05) is 12.1 Å². The number of benzene rings is 1. The van der Waals surface area contributed by atoms with Crippen LogP contribution in [0.5, 0.6) is 0 Å². The number of nitrogens with zero attached hydrogens (tertiary/aromatic N) is 1. The molecule has 1 heterocycles. The first-order valence-electron chi connectivity index (χ1n) is 7.22. The first kappa shape index (κ1) is 15.4. The molecule has 1 aliphatic rings. The summed E-state index contributed by atoms with van der Waals surface area (Å²) < 4.78 is 4.68. The molecule has 1 fully saturated rings. The van der Waals surface area contributed by atoms with Crippen LogP contribution in [-0.4, -0.2) is 32.1 Å². The summed E-state index contributed by atoms with van der Waals surface area (Å²) in [6.07, 6.45) is 1.90. The van der Waals surface area contributed by atoms with Crippen molar-refractivity contribution in [2.45, 2.75) is 26.2 Å². The molecule has 0 spiro atoms. The third-order valence-electron chi connectivity index (χ3n) is 4.08. The summed E-state index contributed by atoms with van der Waals surface area (Å²) in [6.45, 7) is 3.71. The van der Waals surface area contributed by atoms with E-state index in [2.05, 4.69) is 9.64 Å². The Morgan fingerprint density at radius 2 is 2.00 bits per heavy atom. The number of rotatable bonds is 4. The van der Waals surface area contributed by atoms with Crippen LogP contribution in [0.15, 0.2) is 18.2 Å². The van der Waals surface area contributed by atoms with Gasteiger partial charge in [0.15, 0.2) is 0 Å². The summed E-state index contributed by atoms with van der Waals surface area (Å²) in [4.78, 5) is 24.8. The Bertz CT molecular complexity index is 534. The topological polar surface area (TPSA) is 72.6 Å². The van der Waals surface area contributed by atoms with E-state index in [4.69, 9.17) is 5.73 Å². The average molecular weight is 290 g/mol. The molecule has 0 atom stereocenters. The Kier molecular flexibility index (Phi) is 4.83. The molecule has 1 amide bonds. The van der Waals surface area contributed by atoms with Crippen molar-refractivity contribution in [3.8, 4) is 0 Å². The molecule has 5 heteroatoms. The number of esters is 1. The van der Waals surface area contributed by atoms with Gasteiger partial charge in [0, 0.05) is 24.7 Å². The molecule has 1 aromatic rings. The maximum absolute atomic E-state index is 11.3. The van der Waals surface area contributed by atoms with E-state index in [9.17, 15) is 9.59 Å². The second-order valence-electron chi connectivity index (χ2n) is 5.54. The number of anilines is 1. The number of hydrogen-bond donors (Lipinski definition) is 1. The van der Waals surface area contributed by atoms with Gasteiger partial charge < -0.3 is 15.4 Å². The maximum Gasteiger partial charge on any atom is 0.309 e. The molecule has 2 N–H and O–H groups in total. The summed E-state index contributed by atoms with van der Waals surface area (Å²) in [5, 5.41) is 0. The highest BCUT2D eigenvalue weighted by Gasteiger charge is 2.23. The van der Waals surface area contributed by atoms with Crippen molar-refractivity contribution in [3.63, 3.8) is 0 Å². The van der Waals surface area contributed by atoms with Crippen LogP contribution in [-0.2, 0) is 20.7 Å². The van der Waals surface area contributed by atoms with E-state index in [1.165, 1.54) is 7.11 Å². The number of piperidine rings is 1. The van der Waals surface area contributed by atoms with Crippen molar-refractivity contribution < 1.29 is 14.3 Å². The van der Waals surface area contributed by atoms with Crippen LogP contribution in [0.25, 0.3) is 0 Å². The fourth-order valence-corrected chi connectivity index (χ4v) is 2.83. The summed E-state index contributed by atoms with van der Waals surface area (Å²) in [5.74, 6) is -0.427. The van der Waals surface area contributed by atoms with Crippen LogP contribution < -0.4 is 10.6 Å². The molecule has 1 aromatic carbocycles. The lowest BCUT2D eigenvalue weighted by Gasteiger charge is -2.33. The van der Waals surface area contributed by atoms with E-state index in [0.29, 0.717) is 6.42 Å². The number of hydrogen-bond acceptors (Lipinski definition) is 4. The maximum atomic E-state index is 11.3. The molecule has 1 saturated heterocycles. The van der Waals surface area contributed by atoms with Crippen molar-refractivity contribution in [2.75, 3.05) is 25.1 Å². The molecule has 5 nitrogen and oxygen atoms in total. The van der Waals surface area contributed by atoms with Crippen molar-refractivity contribution in [1.82, 2.24) is 0 Å². The smallest absolute Gasteiger partial charge is 0.309 e. The summed E-state index contributed by atoms with van der Waals surface area (Å²) in [7, 11) is 1.40. The van der Waals surface area contributed by atoms with Crippen molar-refractivity contribution in [2.24, 2.45) is 11.7 Å². The molecule has 2 rings (SSSR count). The van der Waals surface area contributed by atoms with Crippen molar-refractivity contribution in [3.05, 3.63) is 29.3 Å². The first-order valence-corrected chi connectivity index (χ1v) is 7.22. The number of nitrogens with two attached hydrogens (primary N) is 1. The Hall–Kier alpha value is -2.04. The second-order valence-corrected chi connectivity index (χ2v) is 5.54. The van der Waals surface area contributed by atoms with Gasteiger partial charge in [0.05, 0.1) is 13.5 Å². The summed E-state index contributed by atoms with van der Waals surface area (Å²) in [6, 6.07) is 6.02. The Labute approximate surface area is 125 Å². The highest BCUT2D eigenvalue weighted by Crippen LogP contribution is 2.27. The number of methoxy groups -OCH3 is 1. The van der Waals surface area contributed by atoms with Gasteiger partial charge in [-0.3, -0.25) is 9.59 Å². The molecular formula is C16H22N2O3. The van der Waals surface area contributed by atoms with E-state index >= 15 is 0 Å². The van der Waals surface area contributed by atoms with Gasteiger partial charge >= 0.3 is 5.97 Å². The van der Waals surface area contributed by atoms with E-state index in [1.807, 2.05) is 25.1 Å². The van der Waals surface area contributed by atoms with Gasteiger partial charge in [0.1, 0.15) is 0 Å². The van der Waals surface area contributed by atoms with Crippen LogP contribution in [0.2, 0.25) is 0 Å². The number of primary amides is 1. The molecule has 0 unspecified atom stereocenters. The Morgan fingerprint density at radius 3 is 2.52 bits per heavy atom. The summed E-state index contributed by atoms with van der Waals surface area (Å²) in [5.41, 5.74) is 8.61. The lowest BCUT2D eigenvalue weighted by Crippen LogP contribution is -2.38. The molecule has 114 valence electrons. The van der Waals surface area contributed by atoms with Gasteiger partial charge in [-0.05, 0) is 37.0 Å².